The number of carbonyl (C=O) groups excluding carboxylic acids is 1. The maximum atomic E-state index is 12.2. The van der Waals surface area contributed by atoms with Crippen LogP contribution in [0.25, 0.3) is 0 Å². The number of hydrogen-bond acceptors (Lipinski definition) is 4. The zero-order chi connectivity index (χ0) is 15.8. The molecule has 5 nitrogen and oxygen atoms in total. The van der Waals surface area contributed by atoms with Gasteiger partial charge in [0, 0.05) is 23.8 Å². The molecule has 0 aliphatic rings. The lowest BCUT2D eigenvalue weighted by atomic mass is 10.0. The number of allylic oxidation sites excluding steroid dienone is 1. The molecule has 5 heteroatoms. The van der Waals surface area contributed by atoms with Crippen LogP contribution in [0.1, 0.15) is 29.3 Å². The number of aliphatic hydroxyl groups excluding tert-OH is 1. The zero-order valence-corrected chi connectivity index (χ0v) is 12.8. The van der Waals surface area contributed by atoms with Gasteiger partial charge in [0.2, 0.25) is 0 Å². The number of rotatable bonds is 8. The second-order valence-electron chi connectivity index (χ2n) is 4.75. The van der Waals surface area contributed by atoms with Gasteiger partial charge in [-0.1, -0.05) is 6.08 Å². The Morgan fingerprint density at radius 3 is 2.67 bits per heavy atom. The van der Waals surface area contributed by atoms with Gasteiger partial charge in [-0.2, -0.15) is 0 Å². The number of carbonyl (C=O) groups is 1. The van der Waals surface area contributed by atoms with Crippen LogP contribution >= 0.6 is 0 Å². The summed E-state index contributed by atoms with van der Waals surface area (Å²) in [6, 6.07) is 3.31. The number of benzene rings is 1. The molecule has 1 amide bonds. The first-order valence-corrected chi connectivity index (χ1v) is 6.84. The van der Waals surface area contributed by atoms with Gasteiger partial charge in [0.05, 0.1) is 14.2 Å². The molecule has 0 aliphatic heterocycles. The maximum Gasteiger partial charge on any atom is 0.251 e. The molecule has 0 unspecified atom stereocenters. The van der Waals surface area contributed by atoms with Crippen LogP contribution in [-0.2, 0) is 6.42 Å². The lowest BCUT2D eigenvalue weighted by Gasteiger charge is -2.16. The molecule has 0 saturated carbocycles. The highest BCUT2D eigenvalue weighted by Crippen LogP contribution is 2.33. The van der Waals surface area contributed by atoms with Gasteiger partial charge in [0.25, 0.3) is 5.91 Å². The van der Waals surface area contributed by atoms with Crippen molar-refractivity contribution in [2.75, 3.05) is 20.8 Å². The van der Waals surface area contributed by atoms with E-state index in [0.29, 0.717) is 29.9 Å². The second-order valence-corrected chi connectivity index (χ2v) is 4.75. The zero-order valence-electron chi connectivity index (χ0n) is 12.8. The summed E-state index contributed by atoms with van der Waals surface area (Å²) in [6.45, 7) is 5.59. The van der Waals surface area contributed by atoms with Crippen molar-refractivity contribution in [3.63, 3.8) is 0 Å². The number of aliphatic hydroxyl groups is 1. The van der Waals surface area contributed by atoms with Gasteiger partial charge in [-0.05, 0) is 31.9 Å². The van der Waals surface area contributed by atoms with Crippen molar-refractivity contribution >= 4 is 5.91 Å². The Hall–Kier alpha value is -2.01. The molecule has 0 spiro atoms. The highest BCUT2D eigenvalue weighted by Gasteiger charge is 2.16. The molecule has 0 aromatic heterocycles. The van der Waals surface area contributed by atoms with Crippen LogP contribution in [0.5, 0.6) is 11.5 Å². The molecule has 0 heterocycles. The van der Waals surface area contributed by atoms with Crippen molar-refractivity contribution in [2.24, 2.45) is 0 Å². The van der Waals surface area contributed by atoms with Gasteiger partial charge in [-0.15, -0.1) is 6.58 Å². The number of amides is 1. The highest BCUT2D eigenvalue weighted by atomic mass is 16.5. The lowest BCUT2D eigenvalue weighted by Crippen LogP contribution is -2.33. The maximum absolute atomic E-state index is 12.2. The quantitative estimate of drug-likeness (QED) is 0.719. The Morgan fingerprint density at radius 1 is 1.43 bits per heavy atom. The van der Waals surface area contributed by atoms with Gasteiger partial charge in [0.1, 0.15) is 0 Å². The van der Waals surface area contributed by atoms with Gasteiger partial charge in [-0.3, -0.25) is 4.79 Å². The van der Waals surface area contributed by atoms with E-state index in [4.69, 9.17) is 14.6 Å². The van der Waals surface area contributed by atoms with E-state index >= 15 is 0 Å². The summed E-state index contributed by atoms with van der Waals surface area (Å²) in [4.78, 5) is 12.2. The lowest BCUT2D eigenvalue weighted by molar-refractivity contribution is 0.0934. The molecular formula is C16H23NO4. The first-order chi connectivity index (χ1) is 10.1. The summed E-state index contributed by atoms with van der Waals surface area (Å²) in [6.07, 6.45) is 2.83. The van der Waals surface area contributed by atoms with Gasteiger partial charge < -0.3 is 19.9 Å². The predicted molar refractivity (Wildman–Crippen MR) is 82.1 cm³/mol. The van der Waals surface area contributed by atoms with Crippen molar-refractivity contribution in [2.45, 2.75) is 25.8 Å². The summed E-state index contributed by atoms with van der Waals surface area (Å²) in [5, 5.41) is 11.7. The highest BCUT2D eigenvalue weighted by molar-refractivity contribution is 5.95. The number of hydrogen-bond donors (Lipinski definition) is 2. The Kier molecular flexibility index (Phi) is 6.75. The minimum atomic E-state index is -0.206. The average molecular weight is 293 g/mol. The molecule has 2 N–H and O–H groups in total. The van der Waals surface area contributed by atoms with E-state index in [0.717, 1.165) is 5.56 Å². The number of nitrogens with one attached hydrogen (secondary N) is 1. The van der Waals surface area contributed by atoms with E-state index in [1.807, 2.05) is 6.92 Å². The van der Waals surface area contributed by atoms with Gasteiger partial charge in [0.15, 0.2) is 11.5 Å². The third-order valence-corrected chi connectivity index (χ3v) is 3.12. The second kappa shape index (κ2) is 8.32. The van der Waals surface area contributed by atoms with E-state index in [2.05, 4.69) is 11.9 Å². The van der Waals surface area contributed by atoms with Gasteiger partial charge in [-0.25, -0.2) is 0 Å². The number of ether oxygens (including phenoxy) is 2. The summed E-state index contributed by atoms with van der Waals surface area (Å²) in [5.74, 6) is 0.913. The molecule has 0 saturated heterocycles. The molecular weight excluding hydrogens is 270 g/mol. The number of methoxy groups -OCH3 is 2. The Morgan fingerprint density at radius 2 is 2.14 bits per heavy atom. The molecule has 0 aliphatic carbocycles. The van der Waals surface area contributed by atoms with Crippen molar-refractivity contribution in [3.8, 4) is 11.5 Å². The van der Waals surface area contributed by atoms with Gasteiger partial charge >= 0.3 is 0 Å². The summed E-state index contributed by atoms with van der Waals surface area (Å²) in [7, 11) is 3.10. The summed E-state index contributed by atoms with van der Waals surface area (Å²) >= 11 is 0. The van der Waals surface area contributed by atoms with Crippen molar-refractivity contribution < 1.29 is 19.4 Å². The third-order valence-electron chi connectivity index (χ3n) is 3.12. The van der Waals surface area contributed by atoms with E-state index in [-0.39, 0.29) is 18.6 Å². The first kappa shape index (κ1) is 17.0. The van der Waals surface area contributed by atoms with Crippen molar-refractivity contribution in [3.05, 3.63) is 35.9 Å². The van der Waals surface area contributed by atoms with Crippen LogP contribution in [-0.4, -0.2) is 37.9 Å². The molecule has 0 bridgehead atoms. The van der Waals surface area contributed by atoms with E-state index in [1.54, 1.807) is 25.3 Å². The fourth-order valence-electron chi connectivity index (χ4n) is 2.05. The molecule has 1 rings (SSSR count). The standard InChI is InChI=1S/C16H23NO4/c1-5-6-12-9-13(10-14(20-3)15(12)21-4)16(19)17-11(2)7-8-18/h5,9-11,18H,1,6-8H2,2-4H3,(H,17,19)/t11-/m1/s1. The minimum Gasteiger partial charge on any atom is -0.493 e. The Labute approximate surface area is 125 Å². The molecule has 1 atom stereocenters. The fraction of sp³-hybridized carbons (Fsp3) is 0.438. The van der Waals surface area contributed by atoms with E-state index in [9.17, 15) is 4.79 Å². The van der Waals surface area contributed by atoms with E-state index < -0.39 is 0 Å². The van der Waals surface area contributed by atoms with E-state index in [1.165, 1.54) is 7.11 Å². The minimum absolute atomic E-state index is 0.0368. The summed E-state index contributed by atoms with van der Waals surface area (Å²) < 4.78 is 10.6. The van der Waals surface area contributed by atoms with Crippen LogP contribution < -0.4 is 14.8 Å². The average Bonchev–Trinajstić information content (AvgIpc) is 2.46. The smallest absolute Gasteiger partial charge is 0.251 e. The molecule has 1 aromatic rings. The Bertz CT molecular complexity index is 499. The molecule has 21 heavy (non-hydrogen) atoms. The first-order valence-electron chi connectivity index (χ1n) is 6.84. The third kappa shape index (κ3) is 4.49. The topological polar surface area (TPSA) is 67.8 Å². The van der Waals surface area contributed by atoms with Crippen molar-refractivity contribution in [1.29, 1.82) is 0 Å². The van der Waals surface area contributed by atoms with Crippen LogP contribution in [0.15, 0.2) is 24.8 Å². The normalized spacial score (nSPS) is 11.6. The summed E-state index contributed by atoms with van der Waals surface area (Å²) in [5.41, 5.74) is 1.33. The van der Waals surface area contributed by atoms with Crippen LogP contribution in [0, 0.1) is 0 Å². The van der Waals surface area contributed by atoms with Crippen LogP contribution in [0.3, 0.4) is 0 Å². The molecule has 0 fully saturated rings. The Balaban J connectivity index is 3.09. The molecule has 116 valence electrons. The molecule has 0 radical (unpaired) electrons. The SMILES string of the molecule is C=CCc1cc(C(=O)N[C@H](C)CCO)cc(OC)c1OC. The monoisotopic (exact) mass is 293 g/mol. The predicted octanol–water partition coefficient (Wildman–Crippen LogP) is 1.93. The van der Waals surface area contributed by atoms with Crippen LogP contribution in [0.4, 0.5) is 0 Å². The van der Waals surface area contributed by atoms with Crippen molar-refractivity contribution in [1.82, 2.24) is 5.32 Å². The fourth-order valence-corrected chi connectivity index (χ4v) is 2.05. The largest absolute Gasteiger partial charge is 0.493 e. The molecule has 1 aromatic carbocycles. The van der Waals surface area contributed by atoms with Crippen LogP contribution in [0.2, 0.25) is 0 Å².